The molecular weight excluding hydrogens is 268 g/mol. The Morgan fingerprint density at radius 1 is 1.20 bits per heavy atom. The Bertz CT molecular complexity index is 529. The number of benzene rings is 1. The lowest BCUT2D eigenvalue weighted by molar-refractivity contribution is -0.394. The van der Waals surface area contributed by atoms with Crippen molar-refractivity contribution in [2.45, 2.75) is 32.6 Å². The van der Waals surface area contributed by atoms with Gasteiger partial charge in [0.15, 0.2) is 0 Å². The van der Waals surface area contributed by atoms with E-state index in [0.717, 1.165) is 31.0 Å². The number of hydrogen-bond acceptors (Lipinski definition) is 6. The number of hydrogen-bond donors (Lipinski definition) is 0. The van der Waals surface area contributed by atoms with E-state index in [9.17, 15) is 25.0 Å². The molecule has 0 N–H and O–H groups in total. The number of esters is 1. The summed E-state index contributed by atoms with van der Waals surface area (Å²) in [5.74, 6) is -0.863. The minimum atomic E-state index is -0.818. The number of carbonyl (C=O) groups is 1. The van der Waals surface area contributed by atoms with E-state index >= 15 is 0 Å². The lowest BCUT2D eigenvalue weighted by Crippen LogP contribution is -2.09. The van der Waals surface area contributed by atoms with Crippen molar-refractivity contribution in [1.82, 2.24) is 0 Å². The smallest absolute Gasteiger partial charge is 0.318 e. The molecule has 8 nitrogen and oxygen atoms in total. The summed E-state index contributed by atoms with van der Waals surface area (Å²) in [5.41, 5.74) is -1.02. The van der Waals surface area contributed by atoms with Crippen molar-refractivity contribution < 1.29 is 19.4 Å². The highest BCUT2D eigenvalue weighted by molar-refractivity contribution is 5.74. The van der Waals surface area contributed by atoms with E-state index < -0.39 is 27.2 Å². The standard InChI is InChI=1S/C12H14N2O6/c1-2-3-4-5-12(15)20-11-7-6-9(13(16)17)8-10(11)14(18)19/h6-8H,2-5H2,1H3. The van der Waals surface area contributed by atoms with E-state index in [4.69, 9.17) is 4.74 Å². The van der Waals surface area contributed by atoms with E-state index in [2.05, 4.69) is 0 Å². The molecule has 0 radical (unpaired) electrons. The van der Waals surface area contributed by atoms with E-state index in [0.29, 0.717) is 6.42 Å². The molecule has 0 atom stereocenters. The summed E-state index contributed by atoms with van der Waals surface area (Å²) in [7, 11) is 0. The molecule has 0 spiro atoms. The number of unbranched alkanes of at least 4 members (excludes halogenated alkanes) is 2. The van der Waals surface area contributed by atoms with Gasteiger partial charge < -0.3 is 4.74 Å². The molecule has 0 saturated carbocycles. The summed E-state index contributed by atoms with van der Waals surface area (Å²) >= 11 is 0. The Morgan fingerprint density at radius 3 is 2.45 bits per heavy atom. The average molecular weight is 282 g/mol. The van der Waals surface area contributed by atoms with Gasteiger partial charge in [-0.3, -0.25) is 25.0 Å². The first-order valence-corrected chi connectivity index (χ1v) is 6.09. The molecule has 0 saturated heterocycles. The van der Waals surface area contributed by atoms with Gasteiger partial charge in [-0.1, -0.05) is 19.8 Å². The molecule has 0 amide bonds. The van der Waals surface area contributed by atoms with Crippen LogP contribution in [0.25, 0.3) is 0 Å². The Hall–Kier alpha value is -2.51. The van der Waals surface area contributed by atoms with Gasteiger partial charge in [-0.15, -0.1) is 0 Å². The lowest BCUT2D eigenvalue weighted by Gasteiger charge is -2.04. The van der Waals surface area contributed by atoms with Crippen molar-refractivity contribution in [2.75, 3.05) is 0 Å². The van der Waals surface area contributed by atoms with Crippen LogP contribution in [0.3, 0.4) is 0 Å². The quantitative estimate of drug-likeness (QED) is 0.250. The molecule has 0 aliphatic heterocycles. The number of carbonyl (C=O) groups excluding carboxylic acids is 1. The molecule has 1 rings (SSSR count). The number of rotatable bonds is 7. The second-order valence-electron chi connectivity index (χ2n) is 4.10. The normalized spacial score (nSPS) is 10.1. The molecule has 0 heterocycles. The van der Waals surface area contributed by atoms with E-state index in [1.807, 2.05) is 6.92 Å². The van der Waals surface area contributed by atoms with E-state index in [1.54, 1.807) is 0 Å². The van der Waals surface area contributed by atoms with E-state index in [1.165, 1.54) is 0 Å². The van der Waals surface area contributed by atoms with Crippen molar-refractivity contribution in [3.8, 4) is 5.75 Å². The van der Waals surface area contributed by atoms with Crippen molar-refractivity contribution in [3.05, 3.63) is 38.4 Å². The fourth-order valence-corrected chi connectivity index (χ4v) is 1.54. The highest BCUT2D eigenvalue weighted by Crippen LogP contribution is 2.31. The van der Waals surface area contributed by atoms with Gasteiger partial charge in [0.1, 0.15) is 0 Å². The van der Waals surface area contributed by atoms with Gasteiger partial charge in [0.25, 0.3) is 5.69 Å². The van der Waals surface area contributed by atoms with Crippen LogP contribution in [0.1, 0.15) is 32.6 Å². The SMILES string of the molecule is CCCCCC(=O)Oc1ccc([N+](=O)[O-])cc1[N+](=O)[O-]. The molecule has 0 aliphatic rings. The molecule has 0 bridgehead atoms. The molecule has 8 heteroatoms. The fourth-order valence-electron chi connectivity index (χ4n) is 1.54. The van der Waals surface area contributed by atoms with Gasteiger partial charge in [-0.25, -0.2) is 0 Å². The predicted molar refractivity (Wildman–Crippen MR) is 69.5 cm³/mol. The maximum atomic E-state index is 11.5. The highest BCUT2D eigenvalue weighted by Gasteiger charge is 2.22. The van der Waals surface area contributed by atoms with Crippen molar-refractivity contribution in [3.63, 3.8) is 0 Å². The summed E-state index contributed by atoms with van der Waals surface area (Å²) in [6.45, 7) is 1.98. The number of non-ortho nitro benzene ring substituents is 1. The minimum absolute atomic E-state index is 0.155. The molecule has 0 fully saturated rings. The maximum absolute atomic E-state index is 11.5. The number of nitro benzene ring substituents is 2. The zero-order chi connectivity index (χ0) is 15.1. The van der Waals surface area contributed by atoms with Gasteiger partial charge in [0, 0.05) is 12.5 Å². The Morgan fingerprint density at radius 2 is 1.90 bits per heavy atom. The first-order chi connectivity index (χ1) is 9.45. The number of ether oxygens (including phenoxy) is 1. The van der Waals surface area contributed by atoms with Crippen LogP contribution in [-0.4, -0.2) is 15.8 Å². The number of nitro groups is 2. The van der Waals surface area contributed by atoms with Crippen LogP contribution in [0.2, 0.25) is 0 Å². The van der Waals surface area contributed by atoms with Crippen molar-refractivity contribution >= 4 is 17.3 Å². The molecule has 0 unspecified atom stereocenters. The summed E-state index contributed by atoms with van der Waals surface area (Å²) in [5, 5.41) is 21.4. The molecule has 20 heavy (non-hydrogen) atoms. The zero-order valence-corrected chi connectivity index (χ0v) is 10.9. The summed E-state index contributed by atoms with van der Waals surface area (Å²) < 4.78 is 4.88. The van der Waals surface area contributed by atoms with Crippen LogP contribution in [-0.2, 0) is 4.79 Å². The fraction of sp³-hybridized carbons (Fsp3) is 0.417. The molecular formula is C12H14N2O6. The Balaban J connectivity index is 2.86. The summed E-state index contributed by atoms with van der Waals surface area (Å²) in [4.78, 5) is 31.3. The summed E-state index contributed by atoms with van der Waals surface area (Å²) in [6, 6.07) is 2.89. The van der Waals surface area contributed by atoms with Crippen molar-refractivity contribution in [2.24, 2.45) is 0 Å². The van der Waals surface area contributed by atoms with Crippen LogP contribution in [0, 0.1) is 20.2 Å². The number of nitrogens with zero attached hydrogens (tertiary/aromatic N) is 2. The minimum Gasteiger partial charge on any atom is -0.419 e. The molecule has 1 aromatic rings. The van der Waals surface area contributed by atoms with Crippen LogP contribution in [0.15, 0.2) is 18.2 Å². The van der Waals surface area contributed by atoms with Gasteiger partial charge in [-0.05, 0) is 12.5 Å². The van der Waals surface area contributed by atoms with Gasteiger partial charge in [0.2, 0.25) is 5.75 Å². The van der Waals surface area contributed by atoms with Crippen LogP contribution < -0.4 is 4.74 Å². The third-order valence-corrected chi connectivity index (χ3v) is 2.56. The average Bonchev–Trinajstić information content (AvgIpc) is 2.38. The van der Waals surface area contributed by atoms with Gasteiger partial charge in [-0.2, -0.15) is 0 Å². The summed E-state index contributed by atoms with van der Waals surface area (Å²) in [6.07, 6.45) is 2.58. The topological polar surface area (TPSA) is 113 Å². The second-order valence-corrected chi connectivity index (χ2v) is 4.10. The largest absolute Gasteiger partial charge is 0.419 e. The van der Waals surface area contributed by atoms with Crippen LogP contribution in [0.5, 0.6) is 5.75 Å². The molecule has 108 valence electrons. The highest BCUT2D eigenvalue weighted by atomic mass is 16.6. The van der Waals surface area contributed by atoms with Crippen molar-refractivity contribution in [1.29, 1.82) is 0 Å². The molecule has 0 aliphatic carbocycles. The van der Waals surface area contributed by atoms with Gasteiger partial charge in [0.05, 0.1) is 15.9 Å². The maximum Gasteiger partial charge on any atom is 0.318 e. The Kier molecular flexibility index (Phi) is 5.57. The third-order valence-electron chi connectivity index (χ3n) is 2.56. The Labute approximate surface area is 114 Å². The first-order valence-electron chi connectivity index (χ1n) is 6.09. The monoisotopic (exact) mass is 282 g/mol. The zero-order valence-electron chi connectivity index (χ0n) is 10.9. The van der Waals surface area contributed by atoms with Gasteiger partial charge >= 0.3 is 11.7 Å². The predicted octanol–water partition coefficient (Wildman–Crippen LogP) is 2.99. The molecule has 1 aromatic carbocycles. The lowest BCUT2D eigenvalue weighted by atomic mass is 10.2. The molecule has 0 aromatic heterocycles. The van der Waals surface area contributed by atoms with Crippen LogP contribution >= 0.6 is 0 Å². The first kappa shape index (κ1) is 15.5. The third kappa shape index (κ3) is 4.30. The van der Waals surface area contributed by atoms with Crippen LogP contribution in [0.4, 0.5) is 11.4 Å². The van der Waals surface area contributed by atoms with E-state index in [-0.39, 0.29) is 12.2 Å². The second kappa shape index (κ2) is 7.17.